The van der Waals surface area contributed by atoms with E-state index >= 15 is 0 Å². The van der Waals surface area contributed by atoms with Gasteiger partial charge in [0.15, 0.2) is 17.3 Å². The van der Waals surface area contributed by atoms with Crippen LogP contribution in [0.5, 0.6) is 11.5 Å². The molecule has 0 saturated heterocycles. The van der Waals surface area contributed by atoms with Gasteiger partial charge in [-0.2, -0.15) is 0 Å². The normalized spacial score (nSPS) is 10.3. The molecule has 0 atom stereocenters. The lowest BCUT2D eigenvalue weighted by molar-refractivity contribution is -0.121. The van der Waals surface area contributed by atoms with Gasteiger partial charge in [-0.1, -0.05) is 55.1 Å². The van der Waals surface area contributed by atoms with Gasteiger partial charge in [0.25, 0.3) is 0 Å². The van der Waals surface area contributed by atoms with Crippen LogP contribution in [0.25, 0.3) is 5.57 Å². The molecule has 0 aliphatic rings. The average molecular weight is 430 g/mol. The fraction of sp³-hybridized carbons (Fsp3) is 0.185. The average Bonchev–Trinajstić information content (AvgIpc) is 2.85. The van der Waals surface area contributed by atoms with E-state index in [-0.39, 0.29) is 24.5 Å². The summed E-state index contributed by atoms with van der Waals surface area (Å²) in [6.07, 6.45) is 0.232. The molecule has 0 heterocycles. The van der Waals surface area contributed by atoms with Crippen molar-refractivity contribution in [2.75, 3.05) is 14.2 Å². The summed E-state index contributed by atoms with van der Waals surface area (Å²) in [6.45, 7) is 4.58. The van der Waals surface area contributed by atoms with Crippen LogP contribution in [0.15, 0.2) is 79.4 Å². The molecule has 0 fully saturated rings. The maximum Gasteiger partial charge on any atom is 0.220 e. The molecular weight excluding hydrogens is 402 g/mol. The number of amides is 1. The lowest BCUT2D eigenvalue weighted by Gasteiger charge is -2.10. The highest BCUT2D eigenvalue weighted by Crippen LogP contribution is 2.28. The van der Waals surface area contributed by atoms with Crippen molar-refractivity contribution >= 4 is 17.3 Å². The largest absolute Gasteiger partial charge is 0.493 e. The van der Waals surface area contributed by atoms with E-state index in [0.29, 0.717) is 23.6 Å². The van der Waals surface area contributed by atoms with Crippen molar-refractivity contribution in [2.24, 2.45) is 0 Å². The van der Waals surface area contributed by atoms with Gasteiger partial charge in [0.2, 0.25) is 5.91 Å². The Hall–Kier alpha value is -3.86. The van der Waals surface area contributed by atoms with Crippen molar-refractivity contribution in [1.29, 1.82) is 0 Å². The van der Waals surface area contributed by atoms with Gasteiger partial charge in [-0.25, -0.2) is 0 Å². The molecule has 1 N–H and O–H groups in total. The number of Topliss-reactive ketones (excluding diaryl/α,β-unsaturated/α-hetero) is 1. The molecule has 0 radical (unpaired) electrons. The molecule has 3 aromatic rings. The van der Waals surface area contributed by atoms with E-state index in [9.17, 15) is 9.59 Å². The van der Waals surface area contributed by atoms with Crippen LogP contribution in [0.3, 0.4) is 0 Å². The molecule has 0 saturated carbocycles. The summed E-state index contributed by atoms with van der Waals surface area (Å²) in [5, 5.41) is 2.89. The van der Waals surface area contributed by atoms with Gasteiger partial charge in [-0.3, -0.25) is 9.59 Å². The minimum atomic E-state index is -0.175. The molecule has 0 unspecified atom stereocenters. The summed E-state index contributed by atoms with van der Waals surface area (Å²) in [5.41, 5.74) is 4.45. The van der Waals surface area contributed by atoms with Gasteiger partial charge < -0.3 is 14.8 Å². The van der Waals surface area contributed by atoms with Crippen molar-refractivity contribution in [3.05, 3.63) is 102 Å². The van der Waals surface area contributed by atoms with Gasteiger partial charge >= 0.3 is 0 Å². The summed E-state index contributed by atoms with van der Waals surface area (Å²) < 4.78 is 10.4. The smallest absolute Gasteiger partial charge is 0.220 e. The SMILES string of the molecule is C=C(c1ccccc1)c1cccc(CNC(=O)CCC(=O)c2ccc(OC)c(OC)c2)c1. The van der Waals surface area contributed by atoms with Gasteiger partial charge in [-0.05, 0) is 46.5 Å². The van der Waals surface area contributed by atoms with Gasteiger partial charge in [-0.15, -0.1) is 0 Å². The number of carbonyl (C=O) groups is 2. The summed E-state index contributed by atoms with van der Waals surface area (Å²) >= 11 is 0. The second-order valence-electron chi connectivity index (χ2n) is 7.31. The highest BCUT2D eigenvalue weighted by molar-refractivity contribution is 5.98. The van der Waals surface area contributed by atoms with Gasteiger partial charge in [0.1, 0.15) is 0 Å². The highest BCUT2D eigenvalue weighted by Gasteiger charge is 2.13. The van der Waals surface area contributed by atoms with Crippen molar-refractivity contribution in [3.63, 3.8) is 0 Å². The zero-order chi connectivity index (χ0) is 22.9. The molecule has 0 aliphatic carbocycles. The Morgan fingerprint density at radius 2 is 1.50 bits per heavy atom. The molecule has 5 heteroatoms. The van der Waals surface area contributed by atoms with E-state index in [1.54, 1.807) is 18.2 Å². The minimum Gasteiger partial charge on any atom is -0.493 e. The van der Waals surface area contributed by atoms with E-state index in [1.807, 2.05) is 54.6 Å². The summed E-state index contributed by atoms with van der Waals surface area (Å²) in [4.78, 5) is 24.7. The Bertz CT molecular complexity index is 1110. The maximum absolute atomic E-state index is 12.5. The Balaban J connectivity index is 1.53. The van der Waals surface area contributed by atoms with Crippen molar-refractivity contribution in [3.8, 4) is 11.5 Å². The molecule has 0 aromatic heterocycles. The third kappa shape index (κ3) is 5.85. The number of hydrogen-bond acceptors (Lipinski definition) is 4. The quantitative estimate of drug-likeness (QED) is 0.459. The summed E-state index contributed by atoms with van der Waals surface area (Å²) in [7, 11) is 3.06. The Morgan fingerprint density at radius 3 is 2.22 bits per heavy atom. The fourth-order valence-corrected chi connectivity index (χ4v) is 3.35. The van der Waals surface area contributed by atoms with Crippen LogP contribution in [0.2, 0.25) is 0 Å². The number of methoxy groups -OCH3 is 2. The summed E-state index contributed by atoms with van der Waals surface area (Å²) in [5.74, 6) is 0.743. The first-order chi connectivity index (χ1) is 15.5. The van der Waals surface area contributed by atoms with Crippen LogP contribution in [-0.4, -0.2) is 25.9 Å². The number of benzene rings is 3. The Labute approximate surface area is 188 Å². The summed E-state index contributed by atoms with van der Waals surface area (Å²) in [6, 6.07) is 22.9. The van der Waals surface area contributed by atoms with Crippen LogP contribution < -0.4 is 14.8 Å². The second kappa shape index (κ2) is 11.0. The lowest BCUT2D eigenvalue weighted by Crippen LogP contribution is -2.23. The van der Waals surface area contributed by atoms with Crippen molar-refractivity contribution in [2.45, 2.75) is 19.4 Å². The van der Waals surface area contributed by atoms with Crippen LogP contribution in [0.1, 0.15) is 39.9 Å². The Kier molecular flexibility index (Phi) is 7.81. The van der Waals surface area contributed by atoms with Crippen LogP contribution in [0.4, 0.5) is 0 Å². The van der Waals surface area contributed by atoms with E-state index in [2.05, 4.69) is 11.9 Å². The number of rotatable bonds is 10. The number of ketones is 1. The van der Waals surface area contributed by atoms with E-state index in [1.165, 1.54) is 14.2 Å². The first kappa shape index (κ1) is 22.8. The van der Waals surface area contributed by atoms with Crippen molar-refractivity contribution in [1.82, 2.24) is 5.32 Å². The number of carbonyl (C=O) groups excluding carboxylic acids is 2. The van der Waals surface area contributed by atoms with E-state index in [4.69, 9.17) is 9.47 Å². The molecule has 0 bridgehead atoms. The minimum absolute atomic E-state index is 0.115. The second-order valence-corrected chi connectivity index (χ2v) is 7.31. The molecule has 3 rings (SSSR count). The highest BCUT2D eigenvalue weighted by atomic mass is 16.5. The molecule has 5 nitrogen and oxygen atoms in total. The first-order valence-electron chi connectivity index (χ1n) is 10.4. The molecular formula is C27H27NO4. The van der Waals surface area contributed by atoms with Crippen LogP contribution in [-0.2, 0) is 11.3 Å². The molecule has 3 aromatic carbocycles. The first-order valence-corrected chi connectivity index (χ1v) is 10.4. The maximum atomic E-state index is 12.5. The lowest BCUT2D eigenvalue weighted by atomic mass is 9.98. The number of nitrogens with one attached hydrogen (secondary N) is 1. The third-order valence-corrected chi connectivity index (χ3v) is 5.17. The zero-order valence-electron chi connectivity index (χ0n) is 18.4. The van der Waals surface area contributed by atoms with Crippen LogP contribution in [0, 0.1) is 0 Å². The fourth-order valence-electron chi connectivity index (χ4n) is 3.35. The predicted molar refractivity (Wildman–Crippen MR) is 126 cm³/mol. The standard InChI is InChI=1S/C27H27NO4/c1-19(21-9-5-4-6-10-21)22-11-7-8-20(16-22)18-28-27(30)15-13-24(29)23-12-14-25(31-2)26(17-23)32-3/h4-12,14,16-17H,1,13,15,18H2,2-3H3,(H,28,30). The molecule has 1 amide bonds. The predicted octanol–water partition coefficient (Wildman–Crippen LogP) is 5.04. The van der Waals surface area contributed by atoms with E-state index < -0.39 is 0 Å². The van der Waals surface area contributed by atoms with Crippen LogP contribution >= 0.6 is 0 Å². The molecule has 0 spiro atoms. The Morgan fingerprint density at radius 1 is 0.781 bits per heavy atom. The number of ether oxygens (including phenoxy) is 2. The monoisotopic (exact) mass is 429 g/mol. The van der Waals surface area contributed by atoms with E-state index in [0.717, 1.165) is 22.3 Å². The zero-order valence-corrected chi connectivity index (χ0v) is 18.4. The van der Waals surface area contributed by atoms with Gasteiger partial charge in [0, 0.05) is 24.9 Å². The van der Waals surface area contributed by atoms with Gasteiger partial charge in [0.05, 0.1) is 14.2 Å². The molecule has 0 aliphatic heterocycles. The third-order valence-electron chi connectivity index (χ3n) is 5.17. The topological polar surface area (TPSA) is 64.6 Å². The number of hydrogen-bond donors (Lipinski definition) is 1. The van der Waals surface area contributed by atoms with Crippen molar-refractivity contribution < 1.29 is 19.1 Å². The molecule has 32 heavy (non-hydrogen) atoms. The molecule has 164 valence electrons.